The number of aromatic nitrogens is 1. The Morgan fingerprint density at radius 2 is 2.04 bits per heavy atom. The molecule has 8 nitrogen and oxygen atoms in total. The van der Waals surface area contributed by atoms with Gasteiger partial charge in [0.15, 0.2) is 5.82 Å². The third-order valence-corrected chi connectivity index (χ3v) is 4.10. The first kappa shape index (κ1) is 20.9. The van der Waals surface area contributed by atoms with Gasteiger partial charge in [-0.2, -0.15) is 0 Å². The fourth-order valence-electron chi connectivity index (χ4n) is 2.12. The Morgan fingerprint density at radius 1 is 1.33 bits per heavy atom. The first-order valence-electron chi connectivity index (χ1n) is 7.74. The zero-order chi connectivity index (χ0) is 20.2. The molecule has 2 aromatic rings. The van der Waals surface area contributed by atoms with E-state index < -0.39 is 21.7 Å². The second-order valence-corrected chi connectivity index (χ2v) is 7.67. The van der Waals surface area contributed by atoms with E-state index in [0.29, 0.717) is 0 Å². The first-order valence-corrected chi connectivity index (χ1v) is 10.0. The number of sulfonamides is 1. The summed E-state index contributed by atoms with van der Waals surface area (Å²) in [5, 5.41) is 2.90. The first-order chi connectivity index (χ1) is 12.6. The molecule has 11 heteroatoms. The molecule has 3 N–H and O–H groups in total. The highest BCUT2D eigenvalue weighted by Crippen LogP contribution is 2.32. The number of hydroxylamine groups is 1. The maximum atomic E-state index is 14.5. The number of hydrogen-bond acceptors (Lipinski definition) is 6. The van der Waals surface area contributed by atoms with Gasteiger partial charge in [-0.1, -0.05) is 17.7 Å². The molecule has 0 fully saturated rings. The van der Waals surface area contributed by atoms with E-state index in [-0.39, 0.29) is 39.9 Å². The van der Waals surface area contributed by atoms with Crippen LogP contribution in [0.2, 0.25) is 5.15 Å². The van der Waals surface area contributed by atoms with Crippen molar-refractivity contribution >= 4 is 44.6 Å². The van der Waals surface area contributed by atoms with Crippen LogP contribution in [0.15, 0.2) is 24.4 Å². The number of aryl methyl sites for hydroxylation is 1. The quantitative estimate of drug-likeness (QED) is 0.473. The topological polar surface area (TPSA) is 109 Å². The molecule has 2 rings (SSSR count). The van der Waals surface area contributed by atoms with Gasteiger partial charge in [0.2, 0.25) is 10.0 Å². The Balaban J connectivity index is 2.49. The molecule has 0 aliphatic rings. The molecule has 0 saturated heterocycles. The molecule has 1 aromatic carbocycles. The zero-order valence-electron chi connectivity index (χ0n) is 14.8. The van der Waals surface area contributed by atoms with Gasteiger partial charge in [0.05, 0.1) is 29.8 Å². The molecule has 0 spiro atoms. The van der Waals surface area contributed by atoms with Crippen molar-refractivity contribution in [3.8, 4) is 0 Å². The number of nitrogens with zero attached hydrogens (tertiary/aromatic N) is 1. The highest BCUT2D eigenvalue weighted by molar-refractivity contribution is 7.92. The van der Waals surface area contributed by atoms with Gasteiger partial charge in [0.25, 0.3) is 5.91 Å². The standard InChI is InChI=1S/C16H18ClFN4O4S/c1-4-26-21-16(23)10-8-19-13(17)7-12(10)20-11-6-5-9(2)14(18)15(11)22-27(3,24)25/h5-8,22H,4H2,1-3H3,(H,19,20)(H,21,23). The fourth-order valence-corrected chi connectivity index (χ4v) is 2.85. The molecule has 0 unspecified atom stereocenters. The summed E-state index contributed by atoms with van der Waals surface area (Å²) in [5.41, 5.74) is 2.54. The summed E-state index contributed by atoms with van der Waals surface area (Å²) in [6.45, 7) is 3.44. The van der Waals surface area contributed by atoms with E-state index in [9.17, 15) is 17.6 Å². The highest BCUT2D eigenvalue weighted by Gasteiger charge is 2.18. The Morgan fingerprint density at radius 3 is 2.67 bits per heavy atom. The van der Waals surface area contributed by atoms with E-state index in [1.165, 1.54) is 31.3 Å². The molecular weight excluding hydrogens is 399 g/mol. The van der Waals surface area contributed by atoms with Gasteiger partial charge in [-0.05, 0) is 31.5 Å². The number of amides is 1. The normalized spacial score (nSPS) is 11.1. The molecule has 0 aliphatic heterocycles. The highest BCUT2D eigenvalue weighted by atomic mass is 35.5. The van der Waals surface area contributed by atoms with Crippen LogP contribution in [-0.4, -0.2) is 32.2 Å². The second-order valence-electron chi connectivity index (χ2n) is 5.54. The Hall–Kier alpha value is -2.43. The van der Waals surface area contributed by atoms with E-state index in [2.05, 4.69) is 20.5 Å². The number of rotatable bonds is 7. The van der Waals surface area contributed by atoms with E-state index in [4.69, 9.17) is 16.4 Å². The maximum absolute atomic E-state index is 14.5. The molecule has 1 heterocycles. The van der Waals surface area contributed by atoms with Crippen molar-refractivity contribution in [1.82, 2.24) is 10.5 Å². The van der Waals surface area contributed by atoms with Gasteiger partial charge < -0.3 is 5.32 Å². The van der Waals surface area contributed by atoms with Crippen molar-refractivity contribution in [2.75, 3.05) is 22.9 Å². The number of pyridine rings is 1. The lowest BCUT2D eigenvalue weighted by molar-refractivity contribution is 0.0365. The third kappa shape index (κ3) is 5.52. The van der Waals surface area contributed by atoms with E-state index in [1.54, 1.807) is 6.92 Å². The van der Waals surface area contributed by atoms with Crippen LogP contribution in [0.5, 0.6) is 0 Å². The number of anilines is 3. The fraction of sp³-hybridized carbons (Fsp3) is 0.250. The monoisotopic (exact) mass is 416 g/mol. The minimum Gasteiger partial charge on any atom is -0.353 e. The smallest absolute Gasteiger partial charge is 0.278 e. The van der Waals surface area contributed by atoms with E-state index in [1.807, 2.05) is 0 Å². The summed E-state index contributed by atoms with van der Waals surface area (Å²) < 4.78 is 39.8. The lowest BCUT2D eigenvalue weighted by Gasteiger charge is -2.17. The number of carbonyl (C=O) groups is 1. The summed E-state index contributed by atoms with van der Waals surface area (Å²) in [4.78, 5) is 20.9. The second kappa shape index (κ2) is 8.51. The molecule has 0 bridgehead atoms. The van der Waals surface area contributed by atoms with Crippen molar-refractivity contribution in [3.05, 3.63) is 46.5 Å². The lowest BCUT2D eigenvalue weighted by atomic mass is 10.1. The summed E-state index contributed by atoms with van der Waals surface area (Å²) in [6.07, 6.45) is 2.12. The van der Waals surface area contributed by atoms with Crippen molar-refractivity contribution in [2.24, 2.45) is 0 Å². The minimum atomic E-state index is -3.75. The van der Waals surface area contributed by atoms with Crippen LogP contribution in [0.3, 0.4) is 0 Å². The predicted octanol–water partition coefficient (Wildman–Crippen LogP) is 2.98. The number of benzene rings is 1. The van der Waals surface area contributed by atoms with Crippen LogP contribution < -0.4 is 15.5 Å². The largest absolute Gasteiger partial charge is 0.353 e. The van der Waals surface area contributed by atoms with Crippen molar-refractivity contribution < 1.29 is 22.4 Å². The van der Waals surface area contributed by atoms with Gasteiger partial charge in [0, 0.05) is 6.20 Å². The Labute approximate surface area is 161 Å². The lowest BCUT2D eigenvalue weighted by Crippen LogP contribution is -2.24. The summed E-state index contributed by atoms with van der Waals surface area (Å²) >= 11 is 5.90. The summed E-state index contributed by atoms with van der Waals surface area (Å²) in [5.74, 6) is -1.35. The molecule has 146 valence electrons. The van der Waals surface area contributed by atoms with Crippen LogP contribution in [-0.2, 0) is 14.9 Å². The molecule has 0 saturated carbocycles. The van der Waals surface area contributed by atoms with Crippen LogP contribution >= 0.6 is 11.6 Å². The van der Waals surface area contributed by atoms with Crippen molar-refractivity contribution in [3.63, 3.8) is 0 Å². The van der Waals surface area contributed by atoms with Crippen molar-refractivity contribution in [2.45, 2.75) is 13.8 Å². The minimum absolute atomic E-state index is 0.0686. The molecule has 0 aliphatic carbocycles. The zero-order valence-corrected chi connectivity index (χ0v) is 16.3. The van der Waals surface area contributed by atoms with Gasteiger partial charge in [-0.25, -0.2) is 23.3 Å². The van der Waals surface area contributed by atoms with E-state index in [0.717, 1.165) is 6.26 Å². The molecule has 1 aromatic heterocycles. The van der Waals surface area contributed by atoms with E-state index >= 15 is 0 Å². The Kier molecular flexibility index (Phi) is 6.58. The predicted molar refractivity (Wildman–Crippen MR) is 101 cm³/mol. The van der Waals surface area contributed by atoms with Gasteiger partial charge in [-0.15, -0.1) is 0 Å². The number of hydrogen-bond donors (Lipinski definition) is 3. The molecule has 0 radical (unpaired) electrons. The summed E-state index contributed by atoms with van der Waals surface area (Å²) in [7, 11) is -3.75. The van der Waals surface area contributed by atoms with Crippen molar-refractivity contribution in [1.29, 1.82) is 0 Å². The SMILES string of the molecule is CCONC(=O)c1cnc(Cl)cc1Nc1ccc(C)c(F)c1NS(C)(=O)=O. The third-order valence-electron chi connectivity index (χ3n) is 3.32. The van der Waals surface area contributed by atoms with Crippen LogP contribution in [0.25, 0.3) is 0 Å². The maximum Gasteiger partial charge on any atom is 0.278 e. The van der Waals surface area contributed by atoms with Crippen LogP contribution in [0.1, 0.15) is 22.8 Å². The molecular formula is C16H18ClFN4O4S. The van der Waals surface area contributed by atoms with Gasteiger partial charge >= 0.3 is 0 Å². The van der Waals surface area contributed by atoms with Crippen LogP contribution in [0.4, 0.5) is 21.5 Å². The van der Waals surface area contributed by atoms with Crippen LogP contribution in [0, 0.1) is 12.7 Å². The number of carbonyl (C=O) groups excluding carboxylic acids is 1. The van der Waals surface area contributed by atoms with Gasteiger partial charge in [0.1, 0.15) is 10.8 Å². The summed E-state index contributed by atoms with van der Waals surface area (Å²) in [6, 6.07) is 4.29. The van der Waals surface area contributed by atoms with Gasteiger partial charge in [-0.3, -0.25) is 14.4 Å². The average molecular weight is 417 g/mol. The molecule has 0 atom stereocenters. The molecule has 27 heavy (non-hydrogen) atoms. The molecule has 1 amide bonds. The Bertz CT molecular complexity index is 969. The number of nitrogens with one attached hydrogen (secondary N) is 3. The average Bonchev–Trinajstić information content (AvgIpc) is 2.58. The number of halogens is 2.